The van der Waals surface area contributed by atoms with Crippen LogP contribution in [-0.4, -0.2) is 53.3 Å². The Morgan fingerprint density at radius 2 is 1.96 bits per heavy atom. The topological polar surface area (TPSA) is 38.8 Å². The number of ether oxygens (including phenoxy) is 2. The smallest absolute Gasteiger partial charge is 0.350 e. The maximum atomic E-state index is 12.6. The summed E-state index contributed by atoms with van der Waals surface area (Å²) >= 11 is 14.7. The molecule has 1 saturated heterocycles. The van der Waals surface area contributed by atoms with Gasteiger partial charge in [-0.1, -0.05) is 41.4 Å². The van der Waals surface area contributed by atoms with Crippen LogP contribution in [-0.2, 0) is 14.3 Å². The number of esters is 1. The molecule has 1 aromatic carbocycles. The van der Waals surface area contributed by atoms with Crippen molar-refractivity contribution in [3.8, 4) is 0 Å². The third-order valence-electron chi connectivity index (χ3n) is 4.60. The maximum Gasteiger partial charge on any atom is 0.350 e. The van der Waals surface area contributed by atoms with Gasteiger partial charge in [0.2, 0.25) is 4.33 Å². The number of rotatable bonds is 1. The number of morpholine rings is 1. The average Bonchev–Trinajstić information content (AvgIpc) is 2.76. The summed E-state index contributed by atoms with van der Waals surface area (Å²) in [4.78, 5) is 15.8. The molecule has 7 heteroatoms. The maximum absolute atomic E-state index is 12.6. The molecule has 1 aromatic rings. The quantitative estimate of drug-likeness (QED) is 0.547. The van der Waals surface area contributed by atoms with E-state index in [0.29, 0.717) is 32.1 Å². The van der Waals surface area contributed by atoms with Gasteiger partial charge in [-0.05, 0) is 18.1 Å². The first-order chi connectivity index (χ1) is 11.6. The van der Waals surface area contributed by atoms with Gasteiger partial charge in [-0.15, -0.1) is 11.8 Å². The van der Waals surface area contributed by atoms with Crippen molar-refractivity contribution in [3.63, 3.8) is 0 Å². The van der Waals surface area contributed by atoms with Crippen molar-refractivity contribution < 1.29 is 14.3 Å². The highest BCUT2D eigenvalue weighted by Crippen LogP contribution is 2.47. The van der Waals surface area contributed by atoms with Crippen LogP contribution in [0.3, 0.4) is 0 Å². The van der Waals surface area contributed by atoms with Gasteiger partial charge in [0.05, 0.1) is 19.3 Å². The molecule has 3 aliphatic heterocycles. The highest BCUT2D eigenvalue weighted by molar-refractivity contribution is 7.99. The minimum atomic E-state index is -1.60. The van der Waals surface area contributed by atoms with Gasteiger partial charge in [0.15, 0.2) is 0 Å². The Kier molecular flexibility index (Phi) is 4.56. The van der Waals surface area contributed by atoms with Crippen LogP contribution in [0.4, 0.5) is 0 Å². The molecule has 0 saturated carbocycles. The van der Waals surface area contributed by atoms with Crippen LogP contribution in [0, 0.1) is 0 Å². The third-order valence-corrected chi connectivity index (χ3v) is 6.40. The lowest BCUT2D eigenvalue weighted by Gasteiger charge is -2.43. The van der Waals surface area contributed by atoms with Crippen LogP contribution in [0.15, 0.2) is 34.7 Å². The number of nitrogens with zero attached hydrogens (tertiary/aromatic N) is 1. The number of carbonyl (C=O) groups is 1. The summed E-state index contributed by atoms with van der Waals surface area (Å²) in [6.07, 6.45) is 0.783. The molecule has 1 unspecified atom stereocenters. The van der Waals surface area contributed by atoms with Gasteiger partial charge < -0.3 is 9.47 Å². The van der Waals surface area contributed by atoms with Crippen LogP contribution < -0.4 is 0 Å². The first-order valence-corrected chi connectivity index (χ1v) is 9.70. The number of hydrogen-bond acceptors (Lipinski definition) is 5. The second-order valence-electron chi connectivity index (χ2n) is 6.01. The molecule has 0 amide bonds. The molecule has 0 N–H and O–H groups in total. The summed E-state index contributed by atoms with van der Waals surface area (Å²) in [5.74, 6) is 0.940. The molecule has 0 bridgehead atoms. The van der Waals surface area contributed by atoms with E-state index in [2.05, 4.69) is 11.0 Å². The van der Waals surface area contributed by atoms with E-state index in [4.69, 9.17) is 32.7 Å². The zero-order chi connectivity index (χ0) is 16.7. The summed E-state index contributed by atoms with van der Waals surface area (Å²) in [5, 5.41) is 0. The molecule has 3 aliphatic rings. The van der Waals surface area contributed by atoms with Crippen molar-refractivity contribution in [3.05, 3.63) is 35.4 Å². The predicted molar refractivity (Wildman–Crippen MR) is 95.4 cm³/mol. The summed E-state index contributed by atoms with van der Waals surface area (Å²) in [6.45, 7) is 2.63. The molecule has 0 aromatic heterocycles. The van der Waals surface area contributed by atoms with E-state index in [1.165, 1.54) is 0 Å². The Balaban J connectivity index is 1.85. The van der Waals surface area contributed by atoms with E-state index in [1.54, 1.807) is 11.8 Å². The van der Waals surface area contributed by atoms with Gasteiger partial charge in [0.1, 0.15) is 5.76 Å². The van der Waals surface area contributed by atoms with Gasteiger partial charge >= 0.3 is 5.97 Å². The highest BCUT2D eigenvalue weighted by Gasteiger charge is 2.53. The molecule has 0 radical (unpaired) electrons. The van der Waals surface area contributed by atoms with Crippen molar-refractivity contribution in [2.75, 3.05) is 32.1 Å². The fourth-order valence-corrected chi connectivity index (χ4v) is 5.15. The van der Waals surface area contributed by atoms with Crippen molar-refractivity contribution in [2.24, 2.45) is 0 Å². The van der Waals surface area contributed by atoms with Crippen LogP contribution in [0.25, 0.3) is 5.76 Å². The number of thioether (sulfide) groups is 1. The molecule has 4 rings (SSSR count). The molecular weight excluding hydrogens is 369 g/mol. The zero-order valence-corrected chi connectivity index (χ0v) is 15.3. The van der Waals surface area contributed by atoms with Crippen LogP contribution in [0.1, 0.15) is 12.0 Å². The summed E-state index contributed by atoms with van der Waals surface area (Å²) < 4.78 is 9.48. The van der Waals surface area contributed by atoms with E-state index in [9.17, 15) is 4.79 Å². The predicted octanol–water partition coefficient (Wildman–Crippen LogP) is 3.33. The largest absolute Gasteiger partial charge is 0.424 e. The monoisotopic (exact) mass is 385 g/mol. The second-order valence-corrected chi connectivity index (χ2v) is 8.53. The summed E-state index contributed by atoms with van der Waals surface area (Å²) in [6, 6.07) is 7.61. The van der Waals surface area contributed by atoms with Gasteiger partial charge in [-0.2, -0.15) is 0 Å². The molecule has 4 nitrogen and oxygen atoms in total. The molecule has 0 aliphatic carbocycles. The number of halogens is 2. The highest BCUT2D eigenvalue weighted by atomic mass is 35.5. The minimum absolute atomic E-state index is 0.382. The van der Waals surface area contributed by atoms with Crippen molar-refractivity contribution >= 4 is 46.7 Å². The first-order valence-electron chi connectivity index (χ1n) is 7.96. The summed E-state index contributed by atoms with van der Waals surface area (Å²) in [7, 11) is 0. The van der Waals surface area contributed by atoms with Crippen molar-refractivity contribution in [1.29, 1.82) is 0 Å². The van der Waals surface area contributed by atoms with Crippen molar-refractivity contribution in [1.82, 2.24) is 4.90 Å². The van der Waals surface area contributed by atoms with Crippen molar-refractivity contribution in [2.45, 2.75) is 21.7 Å². The summed E-state index contributed by atoms with van der Waals surface area (Å²) in [5.41, 5.74) is 1.96. The SMILES string of the molecule is O=C1OC2=C(CCSc3ccccc32)C(N2CCOCC2)C1(Cl)Cl. The number of benzene rings is 1. The lowest BCUT2D eigenvalue weighted by atomic mass is 9.92. The molecule has 1 atom stereocenters. The number of carbonyl (C=O) groups excluding carboxylic acids is 1. The normalized spacial score (nSPS) is 27.1. The van der Waals surface area contributed by atoms with E-state index in [-0.39, 0.29) is 6.04 Å². The Morgan fingerprint density at radius 3 is 2.75 bits per heavy atom. The van der Waals surface area contributed by atoms with Crippen LogP contribution >= 0.6 is 35.0 Å². The molecular formula is C17H17Cl2NO3S. The average molecular weight is 386 g/mol. The lowest BCUT2D eigenvalue weighted by Crippen LogP contribution is -2.57. The second kappa shape index (κ2) is 6.54. The Labute approximate surface area is 155 Å². The van der Waals surface area contributed by atoms with Crippen LogP contribution in [0.5, 0.6) is 0 Å². The van der Waals surface area contributed by atoms with E-state index in [0.717, 1.165) is 28.2 Å². The number of hydrogen-bond donors (Lipinski definition) is 0. The molecule has 3 heterocycles. The van der Waals surface area contributed by atoms with Gasteiger partial charge in [-0.25, -0.2) is 4.79 Å². The molecule has 128 valence electrons. The number of alkyl halides is 2. The van der Waals surface area contributed by atoms with Gasteiger partial charge in [0.25, 0.3) is 0 Å². The van der Waals surface area contributed by atoms with E-state index in [1.807, 2.05) is 18.2 Å². The minimum Gasteiger partial charge on any atom is -0.424 e. The number of fused-ring (bicyclic) bond motifs is 2. The van der Waals surface area contributed by atoms with Crippen LogP contribution in [0.2, 0.25) is 0 Å². The Bertz CT molecular complexity index is 701. The zero-order valence-electron chi connectivity index (χ0n) is 13.0. The Hall–Kier alpha value is -0.720. The first kappa shape index (κ1) is 16.7. The van der Waals surface area contributed by atoms with Gasteiger partial charge in [0, 0.05) is 29.3 Å². The van der Waals surface area contributed by atoms with Gasteiger partial charge in [-0.3, -0.25) is 4.90 Å². The van der Waals surface area contributed by atoms with E-state index < -0.39 is 10.3 Å². The molecule has 1 fully saturated rings. The molecule has 0 spiro atoms. The molecule has 24 heavy (non-hydrogen) atoms. The van der Waals surface area contributed by atoms with E-state index >= 15 is 0 Å². The standard InChI is InChI=1S/C17H17Cl2NO3S/c18-17(19)15(20-6-8-22-9-7-20)12-5-10-24-13-4-2-1-3-11(13)14(12)23-16(17)21/h1-4,15H,5-10H2. The fraction of sp³-hybridized carbons (Fsp3) is 0.471. The fourth-order valence-electron chi connectivity index (χ4n) is 3.50. The Morgan fingerprint density at radius 1 is 1.21 bits per heavy atom. The lowest BCUT2D eigenvalue weighted by molar-refractivity contribution is -0.140. The third kappa shape index (κ3) is 2.76.